The lowest BCUT2D eigenvalue weighted by molar-refractivity contribution is -0.142. The predicted molar refractivity (Wildman–Crippen MR) is 132 cm³/mol. The summed E-state index contributed by atoms with van der Waals surface area (Å²) in [7, 11) is 1.45. The van der Waals surface area contributed by atoms with E-state index < -0.39 is 18.3 Å². The SMILES string of the molecule is CO[C@@H]1CN(C(C)=O)C[C@@H](CC(C)C)N(C(=O)CNCC2CCCO2)CCCCOC[C@@H](O)[C@H]1O. The molecular weight excluding hydrogens is 454 g/mol. The summed E-state index contributed by atoms with van der Waals surface area (Å²) >= 11 is 0. The van der Waals surface area contributed by atoms with Crippen molar-refractivity contribution in [2.75, 3.05) is 59.7 Å². The van der Waals surface area contributed by atoms with Crippen LogP contribution in [0.4, 0.5) is 0 Å². The Morgan fingerprint density at radius 2 is 1.91 bits per heavy atom. The first-order chi connectivity index (χ1) is 16.7. The summed E-state index contributed by atoms with van der Waals surface area (Å²) in [6.45, 7) is 8.75. The summed E-state index contributed by atoms with van der Waals surface area (Å²) in [5, 5.41) is 24.2. The monoisotopic (exact) mass is 501 g/mol. The van der Waals surface area contributed by atoms with E-state index in [0.717, 1.165) is 32.3 Å². The number of nitrogens with zero attached hydrogens (tertiary/aromatic N) is 2. The van der Waals surface area contributed by atoms with Gasteiger partial charge in [0.2, 0.25) is 11.8 Å². The Morgan fingerprint density at radius 3 is 2.54 bits per heavy atom. The van der Waals surface area contributed by atoms with Gasteiger partial charge in [-0.2, -0.15) is 0 Å². The third-order valence-electron chi connectivity index (χ3n) is 6.76. The van der Waals surface area contributed by atoms with E-state index in [1.807, 2.05) is 4.90 Å². The number of carbonyl (C=O) groups is 2. The van der Waals surface area contributed by atoms with Crippen LogP contribution in [-0.2, 0) is 23.8 Å². The Labute approximate surface area is 210 Å². The van der Waals surface area contributed by atoms with Crippen LogP contribution in [0.15, 0.2) is 0 Å². The van der Waals surface area contributed by atoms with E-state index >= 15 is 0 Å². The summed E-state index contributed by atoms with van der Waals surface area (Å²) in [6, 6.07) is -0.181. The van der Waals surface area contributed by atoms with Gasteiger partial charge in [-0.3, -0.25) is 9.59 Å². The lowest BCUT2D eigenvalue weighted by Gasteiger charge is -2.38. The molecule has 2 aliphatic heterocycles. The fourth-order valence-electron chi connectivity index (χ4n) is 4.76. The molecule has 35 heavy (non-hydrogen) atoms. The second-order valence-electron chi connectivity index (χ2n) is 10.2. The Balaban J connectivity index is 2.19. The molecule has 0 aromatic heterocycles. The zero-order valence-corrected chi connectivity index (χ0v) is 22.0. The van der Waals surface area contributed by atoms with Gasteiger partial charge in [-0.25, -0.2) is 0 Å². The predicted octanol–water partition coefficient (Wildman–Crippen LogP) is 0.394. The molecule has 204 valence electrons. The molecule has 5 atom stereocenters. The maximum atomic E-state index is 13.4. The van der Waals surface area contributed by atoms with Gasteiger partial charge in [-0.1, -0.05) is 13.8 Å². The van der Waals surface area contributed by atoms with E-state index in [2.05, 4.69) is 19.2 Å². The highest BCUT2D eigenvalue weighted by molar-refractivity contribution is 5.79. The van der Waals surface area contributed by atoms with Gasteiger partial charge in [0.05, 0.1) is 19.3 Å². The molecule has 2 fully saturated rings. The number of aliphatic hydroxyl groups is 2. The Bertz CT molecular complexity index is 630. The van der Waals surface area contributed by atoms with E-state index in [9.17, 15) is 19.8 Å². The van der Waals surface area contributed by atoms with Crippen LogP contribution in [0.1, 0.15) is 52.9 Å². The second-order valence-corrected chi connectivity index (χ2v) is 10.2. The van der Waals surface area contributed by atoms with Crippen LogP contribution in [0.25, 0.3) is 0 Å². The molecule has 0 aliphatic carbocycles. The zero-order chi connectivity index (χ0) is 25.8. The topological polar surface area (TPSA) is 121 Å². The molecule has 10 nitrogen and oxygen atoms in total. The first-order valence-electron chi connectivity index (χ1n) is 13.1. The highest BCUT2D eigenvalue weighted by Gasteiger charge is 2.32. The number of hydrogen-bond donors (Lipinski definition) is 3. The van der Waals surface area contributed by atoms with Gasteiger partial charge in [0.25, 0.3) is 0 Å². The van der Waals surface area contributed by atoms with Crippen LogP contribution in [0.3, 0.4) is 0 Å². The van der Waals surface area contributed by atoms with E-state index in [-0.39, 0.29) is 43.7 Å². The number of aliphatic hydroxyl groups excluding tert-OH is 2. The quantitative estimate of drug-likeness (QED) is 0.458. The highest BCUT2D eigenvalue weighted by Crippen LogP contribution is 2.18. The molecule has 2 saturated heterocycles. The van der Waals surface area contributed by atoms with Gasteiger partial charge in [0.1, 0.15) is 18.3 Å². The van der Waals surface area contributed by atoms with Crippen molar-refractivity contribution >= 4 is 11.8 Å². The zero-order valence-electron chi connectivity index (χ0n) is 22.0. The van der Waals surface area contributed by atoms with Gasteiger partial charge in [0, 0.05) is 59.5 Å². The fourth-order valence-corrected chi connectivity index (χ4v) is 4.76. The number of carbonyl (C=O) groups excluding carboxylic acids is 2. The van der Waals surface area contributed by atoms with E-state index in [1.165, 1.54) is 14.0 Å². The molecule has 2 heterocycles. The fraction of sp³-hybridized carbons (Fsp3) is 0.920. The first-order valence-corrected chi connectivity index (χ1v) is 13.1. The van der Waals surface area contributed by atoms with Gasteiger partial charge in [-0.15, -0.1) is 0 Å². The van der Waals surface area contributed by atoms with Gasteiger partial charge in [0.15, 0.2) is 0 Å². The van der Waals surface area contributed by atoms with Crippen molar-refractivity contribution in [2.24, 2.45) is 5.92 Å². The maximum absolute atomic E-state index is 13.4. The number of methoxy groups -OCH3 is 1. The summed E-state index contributed by atoms with van der Waals surface area (Å²) < 4.78 is 16.7. The molecule has 2 aliphatic rings. The van der Waals surface area contributed by atoms with Gasteiger partial charge in [-0.05, 0) is 38.0 Å². The molecule has 3 N–H and O–H groups in total. The molecule has 0 spiro atoms. The Kier molecular flexibility index (Phi) is 13.5. The minimum Gasteiger partial charge on any atom is -0.388 e. The number of rotatable bonds is 7. The lowest BCUT2D eigenvalue weighted by Crippen LogP contribution is -2.54. The molecule has 0 aromatic rings. The molecule has 0 bridgehead atoms. The first kappa shape index (κ1) is 29.9. The van der Waals surface area contributed by atoms with Crippen molar-refractivity contribution in [1.29, 1.82) is 0 Å². The Morgan fingerprint density at radius 1 is 1.14 bits per heavy atom. The van der Waals surface area contributed by atoms with E-state index in [1.54, 1.807) is 4.90 Å². The number of hydrogen-bond acceptors (Lipinski definition) is 8. The third-order valence-corrected chi connectivity index (χ3v) is 6.76. The maximum Gasteiger partial charge on any atom is 0.236 e. The standard InChI is InChI=1S/C25H47N3O7/c1-18(2)12-20-15-27(19(3)29)16-23(33-4)25(32)22(30)17-34-10-6-5-9-28(20)24(31)14-26-13-21-8-7-11-35-21/h18,20-23,25-26,30,32H,5-17H2,1-4H3/t20-,21?,22-,23-,25-/m1/s1. The minimum absolute atomic E-state index is 0.00362. The van der Waals surface area contributed by atoms with Crippen molar-refractivity contribution in [3.05, 3.63) is 0 Å². The largest absolute Gasteiger partial charge is 0.388 e. The van der Waals surface area contributed by atoms with Crippen LogP contribution in [0.2, 0.25) is 0 Å². The average Bonchev–Trinajstić information content (AvgIpc) is 3.32. The summed E-state index contributed by atoms with van der Waals surface area (Å²) in [6.07, 6.45) is 1.32. The molecule has 0 saturated carbocycles. The van der Waals surface area contributed by atoms with Gasteiger partial charge >= 0.3 is 0 Å². The smallest absolute Gasteiger partial charge is 0.236 e. The van der Waals surface area contributed by atoms with Crippen LogP contribution < -0.4 is 5.32 Å². The summed E-state index contributed by atoms with van der Waals surface area (Å²) in [5.41, 5.74) is 0. The third kappa shape index (κ3) is 10.3. The van der Waals surface area contributed by atoms with E-state index in [0.29, 0.717) is 38.6 Å². The molecule has 0 radical (unpaired) electrons. The normalized spacial score (nSPS) is 29.9. The molecular formula is C25H47N3O7. The lowest BCUT2D eigenvalue weighted by atomic mass is 10.00. The molecule has 10 heteroatoms. The Hall–Kier alpha value is -1.30. The highest BCUT2D eigenvalue weighted by atomic mass is 16.5. The van der Waals surface area contributed by atoms with Crippen molar-refractivity contribution in [1.82, 2.24) is 15.1 Å². The number of amides is 2. The summed E-state index contributed by atoms with van der Waals surface area (Å²) in [5.74, 6) is 0.149. The van der Waals surface area contributed by atoms with Crippen molar-refractivity contribution < 1.29 is 34.0 Å². The van der Waals surface area contributed by atoms with Crippen LogP contribution in [0, 0.1) is 5.92 Å². The number of nitrogens with one attached hydrogen (secondary N) is 1. The molecule has 2 rings (SSSR count). The van der Waals surface area contributed by atoms with Crippen LogP contribution >= 0.6 is 0 Å². The van der Waals surface area contributed by atoms with Crippen LogP contribution in [0.5, 0.6) is 0 Å². The van der Waals surface area contributed by atoms with Crippen molar-refractivity contribution in [3.63, 3.8) is 0 Å². The van der Waals surface area contributed by atoms with Crippen molar-refractivity contribution in [2.45, 2.75) is 83.3 Å². The van der Waals surface area contributed by atoms with E-state index in [4.69, 9.17) is 14.2 Å². The minimum atomic E-state index is -1.20. The number of ether oxygens (including phenoxy) is 3. The second kappa shape index (κ2) is 15.7. The van der Waals surface area contributed by atoms with Gasteiger partial charge < -0.3 is 39.5 Å². The van der Waals surface area contributed by atoms with Crippen molar-refractivity contribution in [3.8, 4) is 0 Å². The molecule has 1 unspecified atom stereocenters. The van der Waals surface area contributed by atoms with Crippen LogP contribution in [-0.4, -0.2) is 122 Å². The molecule has 0 aromatic carbocycles. The average molecular weight is 502 g/mol. The molecule has 2 amide bonds. The summed E-state index contributed by atoms with van der Waals surface area (Å²) in [4.78, 5) is 29.5.